The Morgan fingerprint density at radius 3 is 2.65 bits per heavy atom. The Labute approximate surface area is 122 Å². The van der Waals surface area contributed by atoms with Gasteiger partial charge in [-0.05, 0) is 36.8 Å². The summed E-state index contributed by atoms with van der Waals surface area (Å²) in [5.74, 6) is 0.182. The van der Waals surface area contributed by atoms with Crippen molar-refractivity contribution >= 4 is 39.2 Å². The highest BCUT2D eigenvalue weighted by atomic mass is 32.2. The van der Waals surface area contributed by atoms with E-state index in [4.69, 9.17) is 0 Å². The van der Waals surface area contributed by atoms with E-state index in [0.717, 1.165) is 10.9 Å². The van der Waals surface area contributed by atoms with Crippen molar-refractivity contribution in [1.82, 2.24) is 0 Å². The van der Waals surface area contributed by atoms with Gasteiger partial charge < -0.3 is 5.32 Å². The van der Waals surface area contributed by atoms with Crippen molar-refractivity contribution in [2.24, 2.45) is 4.99 Å². The van der Waals surface area contributed by atoms with Gasteiger partial charge in [0.25, 0.3) is 0 Å². The number of nitrogens with zero attached hydrogens (tertiary/aromatic N) is 1. The monoisotopic (exact) mass is 284 g/mol. The van der Waals surface area contributed by atoms with Gasteiger partial charge in [-0.25, -0.2) is 0 Å². The number of hydrogen-bond donors (Lipinski definition) is 1. The van der Waals surface area contributed by atoms with Gasteiger partial charge in [0.2, 0.25) is 0 Å². The van der Waals surface area contributed by atoms with Crippen molar-refractivity contribution < 1.29 is 4.79 Å². The number of Topliss-reactive ketones (excluding diaryl/α,β-unsaturated/α-hetero) is 1. The highest BCUT2D eigenvalue weighted by Gasteiger charge is 2.30. The van der Waals surface area contributed by atoms with Gasteiger partial charge in [0, 0.05) is 5.69 Å². The van der Waals surface area contributed by atoms with E-state index in [9.17, 15) is 4.79 Å². The molecule has 1 unspecified atom stereocenters. The van der Waals surface area contributed by atoms with Gasteiger partial charge in [-0.1, -0.05) is 42.1 Å². The molecule has 0 fully saturated rings. The maximum Gasteiger partial charge on any atom is 0.162 e. The molecule has 1 N–H and O–H groups in total. The molecule has 1 aliphatic rings. The molecule has 2 aromatic carbocycles. The molecule has 0 radical (unpaired) electrons. The van der Waals surface area contributed by atoms with E-state index in [0.29, 0.717) is 0 Å². The van der Waals surface area contributed by atoms with Crippen molar-refractivity contribution in [2.45, 2.75) is 25.1 Å². The fourth-order valence-corrected chi connectivity index (χ4v) is 3.44. The second-order valence-electron chi connectivity index (χ2n) is 5.01. The number of nitrogens with one attached hydrogen (secondary N) is 1. The standard InChI is InChI=1S/C16H16N2OS/c1-10-15(11(2)19)20-16(17-10)18-14-8-7-12-5-3-4-6-13(12)9-14/h3-10,15H,1-2H3,(H,17,18)/t10?,15-/m1/s1. The molecule has 2 atom stereocenters. The Balaban J connectivity index is 1.80. The number of carbonyl (C=O) groups excluding carboxylic acids is 1. The van der Waals surface area contributed by atoms with Crippen LogP contribution in [0.15, 0.2) is 47.5 Å². The Kier molecular flexibility index (Phi) is 3.49. The summed E-state index contributed by atoms with van der Waals surface area (Å²) in [5, 5.41) is 6.49. The van der Waals surface area contributed by atoms with Gasteiger partial charge in [-0.15, -0.1) is 0 Å². The SMILES string of the molecule is CC(=O)[C@@H]1SC(Nc2ccc3ccccc3c2)=NC1C. The van der Waals surface area contributed by atoms with Crippen LogP contribution in [0.25, 0.3) is 10.8 Å². The molecule has 0 spiro atoms. The first-order chi connectivity index (χ1) is 9.63. The van der Waals surface area contributed by atoms with Crippen LogP contribution >= 0.6 is 11.8 Å². The van der Waals surface area contributed by atoms with Crippen LogP contribution < -0.4 is 5.32 Å². The number of fused-ring (bicyclic) bond motifs is 1. The summed E-state index contributed by atoms with van der Waals surface area (Å²) in [5.41, 5.74) is 1.01. The third-order valence-electron chi connectivity index (χ3n) is 3.40. The van der Waals surface area contributed by atoms with E-state index < -0.39 is 0 Å². The van der Waals surface area contributed by atoms with Crippen LogP contribution in [-0.4, -0.2) is 22.2 Å². The van der Waals surface area contributed by atoms with Gasteiger partial charge in [-0.3, -0.25) is 9.79 Å². The summed E-state index contributed by atoms with van der Waals surface area (Å²) in [6.45, 7) is 3.61. The topological polar surface area (TPSA) is 41.5 Å². The highest BCUT2D eigenvalue weighted by molar-refractivity contribution is 8.15. The number of benzene rings is 2. The molecule has 0 amide bonds. The molecular weight excluding hydrogens is 268 g/mol. The van der Waals surface area contributed by atoms with E-state index in [1.807, 2.05) is 25.1 Å². The molecule has 102 valence electrons. The smallest absolute Gasteiger partial charge is 0.162 e. The number of ketones is 1. The third-order valence-corrected chi connectivity index (χ3v) is 4.81. The van der Waals surface area contributed by atoms with Crippen molar-refractivity contribution in [3.63, 3.8) is 0 Å². The van der Waals surface area contributed by atoms with Gasteiger partial charge in [0.15, 0.2) is 5.17 Å². The van der Waals surface area contributed by atoms with Crippen molar-refractivity contribution in [3.05, 3.63) is 42.5 Å². The first-order valence-corrected chi connectivity index (χ1v) is 7.52. The van der Waals surface area contributed by atoms with Crippen LogP contribution in [0.4, 0.5) is 5.69 Å². The molecule has 0 saturated carbocycles. The minimum absolute atomic E-state index is 0.0421. The fraction of sp³-hybridized carbons (Fsp3) is 0.250. The lowest BCUT2D eigenvalue weighted by molar-refractivity contribution is -0.116. The van der Waals surface area contributed by atoms with E-state index >= 15 is 0 Å². The van der Waals surface area contributed by atoms with Gasteiger partial charge in [-0.2, -0.15) is 0 Å². The second-order valence-corrected chi connectivity index (χ2v) is 6.14. The normalized spacial score (nSPS) is 21.8. The van der Waals surface area contributed by atoms with Crippen LogP contribution in [0.1, 0.15) is 13.8 Å². The molecule has 1 heterocycles. The van der Waals surface area contributed by atoms with E-state index in [-0.39, 0.29) is 17.1 Å². The number of thioether (sulfide) groups is 1. The minimum Gasteiger partial charge on any atom is -0.335 e. The zero-order valence-electron chi connectivity index (χ0n) is 11.5. The van der Waals surface area contributed by atoms with Gasteiger partial charge >= 0.3 is 0 Å². The summed E-state index contributed by atoms with van der Waals surface area (Å²) in [6, 6.07) is 14.5. The molecule has 3 rings (SSSR count). The van der Waals surface area contributed by atoms with E-state index in [2.05, 4.69) is 34.6 Å². The summed E-state index contributed by atoms with van der Waals surface area (Å²) >= 11 is 1.52. The lowest BCUT2D eigenvalue weighted by atomic mass is 10.1. The average molecular weight is 284 g/mol. The largest absolute Gasteiger partial charge is 0.335 e. The van der Waals surface area contributed by atoms with Crippen molar-refractivity contribution in [1.29, 1.82) is 0 Å². The van der Waals surface area contributed by atoms with Crippen LogP contribution in [0.2, 0.25) is 0 Å². The highest BCUT2D eigenvalue weighted by Crippen LogP contribution is 2.29. The molecular formula is C16H16N2OS. The molecule has 3 nitrogen and oxygen atoms in total. The molecule has 2 aromatic rings. The summed E-state index contributed by atoms with van der Waals surface area (Å²) in [7, 11) is 0. The predicted molar refractivity (Wildman–Crippen MR) is 86.5 cm³/mol. The number of carbonyl (C=O) groups is 1. The molecule has 0 aliphatic carbocycles. The third kappa shape index (κ3) is 2.56. The Hall–Kier alpha value is -1.81. The fourth-order valence-electron chi connectivity index (χ4n) is 2.38. The van der Waals surface area contributed by atoms with Crippen LogP contribution in [0, 0.1) is 0 Å². The lowest BCUT2D eigenvalue weighted by Gasteiger charge is -2.09. The number of aliphatic imine (C=N–C) groups is 1. The van der Waals surface area contributed by atoms with Gasteiger partial charge in [0.05, 0.1) is 11.3 Å². The number of anilines is 1. The Morgan fingerprint density at radius 2 is 1.95 bits per heavy atom. The van der Waals surface area contributed by atoms with E-state index in [1.165, 1.54) is 22.5 Å². The molecule has 0 aromatic heterocycles. The van der Waals surface area contributed by atoms with Crippen molar-refractivity contribution in [3.8, 4) is 0 Å². The van der Waals surface area contributed by atoms with Crippen LogP contribution in [0.5, 0.6) is 0 Å². The van der Waals surface area contributed by atoms with Crippen molar-refractivity contribution in [2.75, 3.05) is 5.32 Å². The summed E-state index contributed by atoms with van der Waals surface area (Å²) < 4.78 is 0. The average Bonchev–Trinajstić information content (AvgIpc) is 2.79. The zero-order valence-corrected chi connectivity index (χ0v) is 12.3. The maximum atomic E-state index is 11.5. The Bertz CT molecular complexity index is 696. The second kappa shape index (κ2) is 5.29. The first-order valence-electron chi connectivity index (χ1n) is 6.64. The molecule has 1 aliphatic heterocycles. The lowest BCUT2D eigenvalue weighted by Crippen LogP contribution is -2.21. The van der Waals surface area contributed by atoms with Crippen LogP contribution in [-0.2, 0) is 4.79 Å². The zero-order chi connectivity index (χ0) is 14.1. The first kappa shape index (κ1) is 13.2. The number of rotatable bonds is 2. The molecule has 20 heavy (non-hydrogen) atoms. The maximum absolute atomic E-state index is 11.5. The van der Waals surface area contributed by atoms with Crippen LogP contribution in [0.3, 0.4) is 0 Å². The quantitative estimate of drug-likeness (QED) is 0.914. The number of hydrogen-bond acceptors (Lipinski definition) is 4. The molecule has 0 saturated heterocycles. The number of amidine groups is 1. The predicted octanol–water partition coefficient (Wildman–Crippen LogP) is 3.70. The minimum atomic E-state index is -0.0574. The Morgan fingerprint density at radius 1 is 1.20 bits per heavy atom. The molecule has 4 heteroatoms. The van der Waals surface area contributed by atoms with E-state index in [1.54, 1.807) is 6.92 Å². The summed E-state index contributed by atoms with van der Waals surface area (Å²) in [4.78, 5) is 16.0. The molecule has 0 bridgehead atoms. The summed E-state index contributed by atoms with van der Waals surface area (Å²) in [6.07, 6.45) is 0. The van der Waals surface area contributed by atoms with Gasteiger partial charge in [0.1, 0.15) is 5.78 Å².